The van der Waals surface area contributed by atoms with Crippen LogP contribution < -0.4 is 4.46 Å². The van der Waals surface area contributed by atoms with Gasteiger partial charge in [-0.3, -0.25) is 0 Å². The van der Waals surface area contributed by atoms with E-state index in [1.165, 1.54) is 35.9 Å². The Labute approximate surface area is 103 Å². The van der Waals surface area contributed by atoms with Crippen molar-refractivity contribution in [2.45, 2.75) is 31.8 Å². The molecule has 84 valence electrons. The molecule has 1 aliphatic carbocycles. The van der Waals surface area contributed by atoms with Crippen molar-refractivity contribution in [1.82, 2.24) is 0 Å². The Balaban J connectivity index is 1.62. The van der Waals surface area contributed by atoms with Gasteiger partial charge in [-0.25, -0.2) is 0 Å². The molecule has 2 atom stereocenters. The number of rotatable bonds is 2. The predicted octanol–water partition coefficient (Wildman–Crippen LogP) is 2.45. The van der Waals surface area contributed by atoms with Crippen LogP contribution in [0.2, 0.25) is 0 Å². The van der Waals surface area contributed by atoms with Crippen molar-refractivity contribution in [2.24, 2.45) is 5.92 Å². The molecule has 3 rings (SSSR count). The fourth-order valence-corrected chi connectivity index (χ4v) is 4.14. The topological polar surface area (TPSA) is 9.23 Å². The van der Waals surface area contributed by atoms with E-state index in [9.17, 15) is 0 Å². The van der Waals surface area contributed by atoms with E-state index in [4.69, 9.17) is 4.74 Å². The van der Waals surface area contributed by atoms with Gasteiger partial charge < -0.3 is 0 Å². The molecule has 0 radical (unpaired) electrons. The van der Waals surface area contributed by atoms with E-state index in [2.05, 4.69) is 35.3 Å². The van der Waals surface area contributed by atoms with Crippen LogP contribution in [-0.4, -0.2) is 21.1 Å². The van der Waals surface area contributed by atoms with E-state index in [-0.39, 0.29) is 0 Å². The quantitative estimate of drug-likeness (QED) is 0.756. The van der Waals surface area contributed by atoms with Crippen LogP contribution in [0.1, 0.15) is 25.7 Å². The van der Waals surface area contributed by atoms with Crippen molar-refractivity contribution in [1.29, 1.82) is 0 Å². The van der Waals surface area contributed by atoms with Crippen molar-refractivity contribution in [3.8, 4) is 0 Å². The molecule has 2 fully saturated rings. The van der Waals surface area contributed by atoms with Crippen LogP contribution in [0, 0.1) is 5.92 Å². The maximum atomic E-state index is 5.98. The number of ether oxygens (including phenoxy) is 1. The third-order valence-electron chi connectivity index (χ3n) is 3.43. The van der Waals surface area contributed by atoms with Crippen LogP contribution in [0.25, 0.3) is 0 Å². The molecule has 0 aromatic heterocycles. The second-order valence-corrected chi connectivity index (χ2v) is 6.54. The Morgan fingerprint density at radius 2 is 2.06 bits per heavy atom. The van der Waals surface area contributed by atoms with E-state index in [1.54, 1.807) is 0 Å². The summed E-state index contributed by atoms with van der Waals surface area (Å²) in [5, 5.41) is 0. The van der Waals surface area contributed by atoms with Crippen LogP contribution in [0.15, 0.2) is 41.1 Å². The van der Waals surface area contributed by atoms with E-state index >= 15 is 0 Å². The first kappa shape index (κ1) is 10.4. The molecule has 1 aromatic rings. The molecular formula is C14H16OSe. The third-order valence-corrected chi connectivity index (χ3v) is 5.37. The zero-order valence-electron chi connectivity index (χ0n) is 9.26. The molecule has 0 amide bonds. The molecule has 1 saturated carbocycles. The van der Waals surface area contributed by atoms with Crippen molar-refractivity contribution in [2.75, 3.05) is 0 Å². The first-order chi connectivity index (χ1) is 7.92. The summed E-state index contributed by atoms with van der Waals surface area (Å²) in [5.74, 6) is 2.09. The Hall–Kier alpha value is -0.721. The van der Waals surface area contributed by atoms with E-state index in [1.807, 2.05) is 0 Å². The standard InChI is InChI=1S/C14H16OSe/c1-2-6-13(7-3-1)16-10-12-9-11-5-4-8-14(11)15-12/h1-3,6-7,10-11,14H,4-5,8-9H2/b12-10+/t11-,14-/m0/s1. The molecular weight excluding hydrogens is 263 g/mol. The van der Waals surface area contributed by atoms with Crippen LogP contribution in [0.4, 0.5) is 0 Å². The van der Waals surface area contributed by atoms with Crippen molar-refractivity contribution < 1.29 is 4.74 Å². The van der Waals surface area contributed by atoms with Gasteiger partial charge in [0.05, 0.1) is 0 Å². The van der Waals surface area contributed by atoms with Gasteiger partial charge >= 0.3 is 103 Å². The molecule has 1 heterocycles. The van der Waals surface area contributed by atoms with Gasteiger partial charge in [0.25, 0.3) is 0 Å². The van der Waals surface area contributed by atoms with Gasteiger partial charge in [-0.1, -0.05) is 0 Å². The molecule has 1 nitrogen and oxygen atoms in total. The second kappa shape index (κ2) is 4.65. The summed E-state index contributed by atoms with van der Waals surface area (Å²) in [6.07, 6.45) is 5.77. The van der Waals surface area contributed by atoms with Crippen LogP contribution in [0.5, 0.6) is 0 Å². The number of allylic oxidation sites excluding steroid dienone is 1. The zero-order chi connectivity index (χ0) is 10.8. The number of hydrogen-bond acceptors (Lipinski definition) is 1. The van der Waals surface area contributed by atoms with Gasteiger partial charge in [-0.15, -0.1) is 0 Å². The van der Waals surface area contributed by atoms with Gasteiger partial charge in [0.2, 0.25) is 0 Å². The van der Waals surface area contributed by atoms with E-state index in [0.717, 1.165) is 5.92 Å². The van der Waals surface area contributed by atoms with Gasteiger partial charge in [-0.2, -0.15) is 0 Å². The van der Waals surface area contributed by atoms with Crippen molar-refractivity contribution in [3.63, 3.8) is 0 Å². The molecule has 0 N–H and O–H groups in total. The minimum atomic E-state index is 0.440. The van der Waals surface area contributed by atoms with E-state index < -0.39 is 0 Å². The number of fused-ring (bicyclic) bond motifs is 1. The van der Waals surface area contributed by atoms with Gasteiger partial charge in [-0.05, 0) is 0 Å². The zero-order valence-corrected chi connectivity index (χ0v) is 11.0. The summed E-state index contributed by atoms with van der Waals surface area (Å²) in [5.41, 5.74) is 0. The molecule has 1 saturated heterocycles. The summed E-state index contributed by atoms with van der Waals surface area (Å²) in [6, 6.07) is 10.7. The number of benzene rings is 1. The third kappa shape index (κ3) is 2.18. The van der Waals surface area contributed by atoms with Crippen molar-refractivity contribution >= 4 is 19.4 Å². The first-order valence-electron chi connectivity index (χ1n) is 5.99. The minimum absolute atomic E-state index is 0.440. The van der Waals surface area contributed by atoms with Crippen LogP contribution >= 0.6 is 0 Å². The van der Waals surface area contributed by atoms with Gasteiger partial charge in [0, 0.05) is 0 Å². The monoisotopic (exact) mass is 280 g/mol. The molecule has 0 spiro atoms. The second-order valence-electron chi connectivity index (χ2n) is 4.57. The Morgan fingerprint density at radius 3 is 2.88 bits per heavy atom. The molecule has 2 aliphatic rings. The summed E-state index contributed by atoms with van der Waals surface area (Å²) in [6.45, 7) is 0. The molecule has 2 heteroatoms. The van der Waals surface area contributed by atoms with E-state index in [0.29, 0.717) is 21.1 Å². The fraction of sp³-hybridized carbons (Fsp3) is 0.429. The molecule has 1 aliphatic heterocycles. The Kier molecular flexibility index (Phi) is 3.03. The first-order valence-corrected chi connectivity index (χ1v) is 7.84. The molecule has 0 unspecified atom stereocenters. The van der Waals surface area contributed by atoms with Crippen molar-refractivity contribution in [3.05, 3.63) is 41.1 Å². The Bertz CT molecular complexity index is 371. The number of hydrogen-bond donors (Lipinski definition) is 0. The molecule has 0 bridgehead atoms. The average Bonchev–Trinajstić information content (AvgIpc) is 2.88. The maximum absolute atomic E-state index is 5.98. The predicted molar refractivity (Wildman–Crippen MR) is 66.7 cm³/mol. The Morgan fingerprint density at radius 1 is 1.19 bits per heavy atom. The van der Waals surface area contributed by atoms with Crippen LogP contribution in [0.3, 0.4) is 0 Å². The average molecular weight is 279 g/mol. The summed E-state index contributed by atoms with van der Waals surface area (Å²) in [7, 11) is 0. The summed E-state index contributed by atoms with van der Waals surface area (Å²) < 4.78 is 7.42. The fourth-order valence-electron chi connectivity index (χ4n) is 2.60. The van der Waals surface area contributed by atoms with Gasteiger partial charge in [0.15, 0.2) is 0 Å². The normalized spacial score (nSPS) is 30.4. The summed E-state index contributed by atoms with van der Waals surface area (Å²) >= 11 is 0.440. The molecule has 1 aromatic carbocycles. The van der Waals surface area contributed by atoms with Crippen LogP contribution in [-0.2, 0) is 4.74 Å². The van der Waals surface area contributed by atoms with Gasteiger partial charge in [0.1, 0.15) is 0 Å². The SMILES string of the molecule is C(/[Se]c1ccccc1)=C1/C[C@@H]2CCC[C@@H]2O1. The molecule has 16 heavy (non-hydrogen) atoms. The summed E-state index contributed by atoms with van der Waals surface area (Å²) in [4.78, 5) is 2.33.